The maximum atomic E-state index is 6.26. The van der Waals surface area contributed by atoms with Crippen LogP contribution in [0.15, 0.2) is 84.9 Å². The molecule has 0 saturated carbocycles. The quantitative estimate of drug-likeness (QED) is 0.326. The summed E-state index contributed by atoms with van der Waals surface area (Å²) in [5.41, 5.74) is 6.40. The van der Waals surface area contributed by atoms with Crippen LogP contribution in [-0.2, 0) is 0 Å². The molecule has 1 aliphatic rings. The first-order chi connectivity index (χ1) is 16.3. The van der Waals surface area contributed by atoms with E-state index in [0.717, 1.165) is 44.7 Å². The SMILES string of the molecule is CCCOc1ccccc1C1N(CCC)C(c2ccccc2)=C(c2ccccc2)N1CCC. The largest absolute Gasteiger partial charge is 0.493 e. The Morgan fingerprint density at radius 3 is 1.58 bits per heavy atom. The van der Waals surface area contributed by atoms with E-state index >= 15 is 0 Å². The second-order valence-electron chi connectivity index (χ2n) is 8.58. The van der Waals surface area contributed by atoms with Crippen LogP contribution in [0, 0.1) is 0 Å². The number of ether oxygens (including phenoxy) is 1. The predicted octanol–water partition coefficient (Wildman–Crippen LogP) is 7.44. The Morgan fingerprint density at radius 1 is 0.606 bits per heavy atom. The van der Waals surface area contributed by atoms with Crippen LogP contribution in [0.2, 0.25) is 0 Å². The van der Waals surface area contributed by atoms with Gasteiger partial charge in [-0.05, 0) is 25.3 Å². The Hall–Kier alpha value is -3.20. The third-order valence-electron chi connectivity index (χ3n) is 6.07. The summed E-state index contributed by atoms with van der Waals surface area (Å²) in [6.45, 7) is 9.39. The summed E-state index contributed by atoms with van der Waals surface area (Å²) in [4.78, 5) is 5.20. The molecule has 3 nitrogen and oxygen atoms in total. The molecular formula is C30H36N2O. The van der Waals surface area contributed by atoms with E-state index in [4.69, 9.17) is 4.74 Å². The lowest BCUT2D eigenvalue weighted by Gasteiger charge is -2.36. The van der Waals surface area contributed by atoms with Crippen LogP contribution in [0.25, 0.3) is 11.4 Å². The van der Waals surface area contributed by atoms with E-state index in [0.29, 0.717) is 0 Å². The number of nitrogens with zero attached hydrogens (tertiary/aromatic N) is 2. The van der Waals surface area contributed by atoms with Crippen LogP contribution in [0.4, 0.5) is 0 Å². The van der Waals surface area contributed by atoms with Gasteiger partial charge in [0.15, 0.2) is 0 Å². The average molecular weight is 441 g/mol. The first-order valence-electron chi connectivity index (χ1n) is 12.4. The van der Waals surface area contributed by atoms with Crippen molar-refractivity contribution in [3.8, 4) is 5.75 Å². The van der Waals surface area contributed by atoms with Gasteiger partial charge in [-0.15, -0.1) is 0 Å². The standard InChI is InChI=1S/C30H36N2O/c1-4-21-31-28(24-15-9-7-10-16-24)29(25-17-11-8-12-18-25)32(22-5-2)30(31)26-19-13-14-20-27(26)33-23-6-3/h7-20,30H,4-6,21-23H2,1-3H3. The van der Waals surface area contributed by atoms with E-state index in [1.54, 1.807) is 0 Å². The number of para-hydroxylation sites is 1. The number of rotatable bonds is 10. The molecule has 0 spiro atoms. The van der Waals surface area contributed by atoms with Crippen LogP contribution in [-0.4, -0.2) is 29.5 Å². The van der Waals surface area contributed by atoms with Gasteiger partial charge in [-0.1, -0.05) is 99.6 Å². The molecule has 1 heterocycles. The van der Waals surface area contributed by atoms with E-state index in [1.165, 1.54) is 28.1 Å². The summed E-state index contributed by atoms with van der Waals surface area (Å²) >= 11 is 0. The van der Waals surface area contributed by atoms with E-state index in [2.05, 4.69) is 116 Å². The lowest BCUT2D eigenvalue weighted by atomic mass is 10.0. The van der Waals surface area contributed by atoms with E-state index in [-0.39, 0.29) is 6.17 Å². The lowest BCUT2D eigenvalue weighted by molar-refractivity contribution is 0.161. The molecule has 0 unspecified atom stereocenters. The van der Waals surface area contributed by atoms with Crippen LogP contribution in [0.1, 0.15) is 62.9 Å². The van der Waals surface area contributed by atoms with Crippen molar-refractivity contribution >= 4 is 11.4 Å². The van der Waals surface area contributed by atoms with Gasteiger partial charge in [0.05, 0.1) is 18.0 Å². The molecule has 172 valence electrons. The van der Waals surface area contributed by atoms with Crippen molar-refractivity contribution in [3.05, 3.63) is 102 Å². The topological polar surface area (TPSA) is 15.7 Å². The smallest absolute Gasteiger partial charge is 0.132 e. The Balaban J connectivity index is 1.94. The predicted molar refractivity (Wildman–Crippen MR) is 139 cm³/mol. The number of benzene rings is 3. The molecule has 0 bridgehead atoms. The second kappa shape index (κ2) is 11.1. The molecule has 1 aliphatic heterocycles. The van der Waals surface area contributed by atoms with Crippen molar-refractivity contribution < 1.29 is 4.74 Å². The van der Waals surface area contributed by atoms with E-state index in [9.17, 15) is 0 Å². The Kier molecular flexibility index (Phi) is 7.72. The first-order valence-corrected chi connectivity index (χ1v) is 12.4. The van der Waals surface area contributed by atoms with Crippen molar-refractivity contribution in [2.75, 3.05) is 19.7 Å². The van der Waals surface area contributed by atoms with Gasteiger partial charge < -0.3 is 14.5 Å². The fraction of sp³-hybridized carbons (Fsp3) is 0.333. The van der Waals surface area contributed by atoms with Crippen LogP contribution >= 0.6 is 0 Å². The molecule has 33 heavy (non-hydrogen) atoms. The number of hydrogen-bond donors (Lipinski definition) is 0. The normalized spacial score (nSPS) is 14.3. The zero-order chi connectivity index (χ0) is 23.0. The van der Waals surface area contributed by atoms with Gasteiger partial charge in [0.1, 0.15) is 11.9 Å². The summed E-state index contributed by atoms with van der Waals surface area (Å²) in [6, 6.07) is 30.3. The van der Waals surface area contributed by atoms with Gasteiger partial charge in [0.25, 0.3) is 0 Å². The van der Waals surface area contributed by atoms with Gasteiger partial charge in [0.2, 0.25) is 0 Å². The molecule has 0 aliphatic carbocycles. The van der Waals surface area contributed by atoms with Gasteiger partial charge >= 0.3 is 0 Å². The van der Waals surface area contributed by atoms with E-state index < -0.39 is 0 Å². The third kappa shape index (κ3) is 4.78. The summed E-state index contributed by atoms with van der Waals surface area (Å²) in [6.07, 6.45) is 3.25. The molecule has 3 heteroatoms. The van der Waals surface area contributed by atoms with Crippen molar-refractivity contribution in [1.82, 2.24) is 9.80 Å². The molecule has 3 aromatic rings. The third-order valence-corrected chi connectivity index (χ3v) is 6.07. The lowest BCUT2D eigenvalue weighted by Crippen LogP contribution is -2.34. The van der Waals surface area contributed by atoms with Crippen molar-refractivity contribution in [2.45, 2.75) is 46.2 Å². The molecule has 0 N–H and O–H groups in total. The molecule has 0 amide bonds. The minimum Gasteiger partial charge on any atom is -0.493 e. The van der Waals surface area contributed by atoms with Gasteiger partial charge in [0, 0.05) is 29.8 Å². The highest BCUT2D eigenvalue weighted by Gasteiger charge is 2.40. The van der Waals surface area contributed by atoms with Crippen molar-refractivity contribution in [2.24, 2.45) is 0 Å². The zero-order valence-electron chi connectivity index (χ0n) is 20.2. The summed E-state index contributed by atoms with van der Waals surface area (Å²) in [7, 11) is 0. The van der Waals surface area contributed by atoms with Gasteiger partial charge in [-0.25, -0.2) is 0 Å². The summed E-state index contributed by atoms with van der Waals surface area (Å²) < 4.78 is 6.26. The van der Waals surface area contributed by atoms with Crippen molar-refractivity contribution in [3.63, 3.8) is 0 Å². The Morgan fingerprint density at radius 2 is 1.09 bits per heavy atom. The fourth-order valence-corrected chi connectivity index (χ4v) is 4.81. The molecule has 0 atom stereocenters. The molecule has 3 aromatic carbocycles. The van der Waals surface area contributed by atoms with Gasteiger partial charge in [-0.2, -0.15) is 0 Å². The molecule has 0 aromatic heterocycles. The molecular weight excluding hydrogens is 404 g/mol. The monoisotopic (exact) mass is 440 g/mol. The zero-order valence-corrected chi connectivity index (χ0v) is 20.2. The Bertz CT molecular complexity index is 986. The molecule has 0 radical (unpaired) electrons. The fourth-order valence-electron chi connectivity index (χ4n) is 4.81. The minimum absolute atomic E-state index is 0.100. The summed E-state index contributed by atoms with van der Waals surface area (Å²) in [5.74, 6) is 0.994. The highest BCUT2D eigenvalue weighted by atomic mass is 16.5. The number of hydrogen-bond acceptors (Lipinski definition) is 3. The average Bonchev–Trinajstić information content (AvgIpc) is 3.18. The molecule has 4 rings (SSSR count). The first kappa shape index (κ1) is 23.0. The van der Waals surface area contributed by atoms with E-state index in [1.807, 2.05) is 0 Å². The van der Waals surface area contributed by atoms with Crippen molar-refractivity contribution in [1.29, 1.82) is 0 Å². The van der Waals surface area contributed by atoms with Crippen LogP contribution in [0.5, 0.6) is 5.75 Å². The molecule has 0 fully saturated rings. The Labute approximate surface area is 199 Å². The maximum Gasteiger partial charge on any atom is 0.132 e. The van der Waals surface area contributed by atoms with Gasteiger partial charge in [-0.3, -0.25) is 0 Å². The van der Waals surface area contributed by atoms with Crippen LogP contribution < -0.4 is 4.74 Å². The summed E-state index contributed by atoms with van der Waals surface area (Å²) in [5, 5.41) is 0. The van der Waals surface area contributed by atoms with Crippen LogP contribution in [0.3, 0.4) is 0 Å². The highest BCUT2D eigenvalue weighted by Crippen LogP contribution is 2.49. The molecule has 0 saturated heterocycles. The second-order valence-corrected chi connectivity index (χ2v) is 8.58. The highest BCUT2D eigenvalue weighted by molar-refractivity contribution is 5.91. The maximum absolute atomic E-state index is 6.26. The minimum atomic E-state index is 0.100.